The fraction of sp³-hybridized carbons (Fsp3) is 0.333. The Balaban J connectivity index is 1.22. The maximum atomic E-state index is 12.9. The highest BCUT2D eigenvalue weighted by molar-refractivity contribution is 7.17. The number of likely N-dealkylation sites (tertiary alicyclic amines) is 1. The predicted molar refractivity (Wildman–Crippen MR) is 146 cm³/mol. The van der Waals surface area contributed by atoms with Crippen LogP contribution in [0.5, 0.6) is 11.5 Å². The van der Waals surface area contributed by atoms with Gasteiger partial charge in [-0.1, -0.05) is 0 Å². The van der Waals surface area contributed by atoms with E-state index in [0.717, 1.165) is 53.5 Å². The van der Waals surface area contributed by atoms with E-state index in [1.54, 1.807) is 31.0 Å². The van der Waals surface area contributed by atoms with Crippen LogP contribution in [-0.2, 0) is 11.3 Å². The van der Waals surface area contributed by atoms with Crippen LogP contribution >= 0.6 is 11.3 Å². The molecule has 0 saturated carbocycles. The first-order valence-electron chi connectivity index (χ1n) is 12.5. The molecule has 2 N–H and O–H groups in total. The zero-order valence-electron chi connectivity index (χ0n) is 21.4. The summed E-state index contributed by atoms with van der Waals surface area (Å²) in [6.07, 6.45) is 4.24. The number of ether oxygens (including phenoxy) is 2. The third kappa shape index (κ3) is 5.57. The number of anilines is 1. The van der Waals surface area contributed by atoms with Crippen molar-refractivity contribution in [3.63, 3.8) is 0 Å². The summed E-state index contributed by atoms with van der Waals surface area (Å²) in [5.41, 5.74) is 2.39. The van der Waals surface area contributed by atoms with E-state index in [4.69, 9.17) is 14.6 Å². The lowest BCUT2D eigenvalue weighted by molar-refractivity contribution is -0.127. The molecule has 0 radical (unpaired) electrons. The summed E-state index contributed by atoms with van der Waals surface area (Å²) in [6, 6.07) is 13.0. The van der Waals surface area contributed by atoms with Gasteiger partial charge < -0.3 is 25.0 Å². The fourth-order valence-corrected chi connectivity index (χ4v) is 5.34. The van der Waals surface area contributed by atoms with E-state index >= 15 is 0 Å². The van der Waals surface area contributed by atoms with Crippen LogP contribution in [0.3, 0.4) is 0 Å². The number of aromatic nitrogens is 3. The minimum atomic E-state index is -0.167. The van der Waals surface area contributed by atoms with Gasteiger partial charge in [0.1, 0.15) is 23.0 Å². The minimum absolute atomic E-state index is 0.167. The predicted octanol–water partition coefficient (Wildman–Crippen LogP) is 3.83. The van der Waals surface area contributed by atoms with Gasteiger partial charge in [0.2, 0.25) is 5.91 Å². The van der Waals surface area contributed by atoms with Gasteiger partial charge in [0, 0.05) is 44.2 Å². The van der Waals surface area contributed by atoms with Gasteiger partial charge in [0.15, 0.2) is 5.65 Å². The van der Waals surface area contributed by atoms with Crippen molar-refractivity contribution < 1.29 is 19.1 Å². The molecule has 38 heavy (non-hydrogen) atoms. The standard InChI is InChI=1S/C27H30N6O4S/c1-36-19-7-6-18(21(15-19)37-2)16-30-27(35)23-9-8-22(38-23)20-17-29-25-11-10-24(31-33(20)25)28-12-4-14-32-13-3-5-26(32)34/h6-11,15,17H,3-5,12-14,16H2,1-2H3,(H,28,31)(H,30,35). The Labute approximate surface area is 224 Å². The van der Waals surface area contributed by atoms with Crippen LogP contribution in [0.25, 0.3) is 16.2 Å². The maximum absolute atomic E-state index is 12.9. The number of benzene rings is 1. The number of nitrogens with zero attached hydrogens (tertiary/aromatic N) is 4. The molecule has 1 aliphatic rings. The summed E-state index contributed by atoms with van der Waals surface area (Å²) in [5, 5.41) is 11.0. The maximum Gasteiger partial charge on any atom is 0.261 e. The number of hydrogen-bond donors (Lipinski definition) is 2. The number of carbonyl (C=O) groups excluding carboxylic acids is 2. The number of imidazole rings is 1. The molecule has 2 amide bonds. The number of amides is 2. The highest BCUT2D eigenvalue weighted by Crippen LogP contribution is 2.29. The molecule has 4 aromatic rings. The van der Waals surface area contributed by atoms with Crippen molar-refractivity contribution in [2.24, 2.45) is 0 Å². The van der Waals surface area contributed by atoms with Gasteiger partial charge in [-0.25, -0.2) is 9.50 Å². The van der Waals surface area contributed by atoms with Gasteiger partial charge in [-0.3, -0.25) is 9.59 Å². The van der Waals surface area contributed by atoms with E-state index in [1.807, 2.05) is 41.3 Å². The monoisotopic (exact) mass is 534 g/mol. The molecular weight excluding hydrogens is 504 g/mol. The molecule has 0 atom stereocenters. The Hall–Kier alpha value is -4.12. The molecule has 3 aromatic heterocycles. The number of rotatable bonds is 11. The fourth-order valence-electron chi connectivity index (χ4n) is 4.42. The van der Waals surface area contributed by atoms with Gasteiger partial charge in [0.25, 0.3) is 5.91 Å². The molecule has 1 fully saturated rings. The van der Waals surface area contributed by atoms with Crippen LogP contribution < -0.4 is 20.1 Å². The van der Waals surface area contributed by atoms with Crippen molar-refractivity contribution in [1.29, 1.82) is 0 Å². The van der Waals surface area contributed by atoms with Gasteiger partial charge in [-0.2, -0.15) is 0 Å². The number of thiophene rings is 1. The molecule has 0 unspecified atom stereocenters. The zero-order valence-corrected chi connectivity index (χ0v) is 22.2. The van der Waals surface area contributed by atoms with Crippen molar-refractivity contribution >= 4 is 34.6 Å². The van der Waals surface area contributed by atoms with Crippen molar-refractivity contribution in [2.75, 3.05) is 39.2 Å². The Morgan fingerprint density at radius 2 is 2.03 bits per heavy atom. The number of carbonyl (C=O) groups is 2. The van der Waals surface area contributed by atoms with Gasteiger partial charge in [-0.05, 0) is 49.2 Å². The molecule has 0 bridgehead atoms. The second-order valence-corrected chi connectivity index (χ2v) is 10.0. The molecule has 198 valence electrons. The third-order valence-electron chi connectivity index (χ3n) is 6.46. The molecular formula is C27H30N6O4S. The van der Waals surface area contributed by atoms with Gasteiger partial charge in [0.05, 0.1) is 30.2 Å². The summed E-state index contributed by atoms with van der Waals surface area (Å²) in [4.78, 5) is 32.5. The highest BCUT2D eigenvalue weighted by Gasteiger charge is 2.19. The number of nitrogens with one attached hydrogen (secondary N) is 2. The Bertz CT molecular complexity index is 1450. The lowest BCUT2D eigenvalue weighted by atomic mass is 10.2. The van der Waals surface area contributed by atoms with E-state index in [9.17, 15) is 9.59 Å². The second-order valence-electron chi connectivity index (χ2n) is 8.92. The summed E-state index contributed by atoms with van der Waals surface area (Å²) in [5.74, 6) is 2.16. The molecule has 1 aromatic carbocycles. The Morgan fingerprint density at radius 1 is 1.13 bits per heavy atom. The van der Waals surface area contributed by atoms with Crippen molar-refractivity contribution in [3.05, 3.63) is 59.1 Å². The van der Waals surface area contributed by atoms with Crippen LogP contribution in [0, 0.1) is 0 Å². The van der Waals surface area contributed by atoms with E-state index < -0.39 is 0 Å². The third-order valence-corrected chi connectivity index (χ3v) is 7.57. The minimum Gasteiger partial charge on any atom is -0.497 e. The number of fused-ring (bicyclic) bond motifs is 1. The van der Waals surface area contributed by atoms with Gasteiger partial charge in [-0.15, -0.1) is 16.4 Å². The second kappa shape index (κ2) is 11.5. The van der Waals surface area contributed by atoms with Crippen LogP contribution in [0.15, 0.2) is 48.7 Å². The first kappa shape index (κ1) is 25.5. The summed E-state index contributed by atoms with van der Waals surface area (Å²) in [6.45, 7) is 2.67. The largest absolute Gasteiger partial charge is 0.497 e. The number of methoxy groups -OCH3 is 2. The van der Waals surface area contributed by atoms with E-state index in [2.05, 4.69) is 15.6 Å². The highest BCUT2D eigenvalue weighted by atomic mass is 32.1. The molecule has 11 heteroatoms. The first-order valence-corrected chi connectivity index (χ1v) is 13.3. The molecule has 4 heterocycles. The molecule has 0 spiro atoms. The Morgan fingerprint density at radius 3 is 2.82 bits per heavy atom. The van der Waals surface area contributed by atoms with Crippen molar-refractivity contribution in [1.82, 2.24) is 24.8 Å². The van der Waals surface area contributed by atoms with Crippen molar-refractivity contribution in [2.45, 2.75) is 25.8 Å². The SMILES string of the molecule is COc1ccc(CNC(=O)c2ccc(-c3cnc4ccc(NCCCN5CCCC5=O)nn34)s2)c(OC)c1. The number of hydrogen-bond acceptors (Lipinski definition) is 8. The lowest BCUT2D eigenvalue weighted by Crippen LogP contribution is -2.27. The molecule has 5 rings (SSSR count). The summed E-state index contributed by atoms with van der Waals surface area (Å²) >= 11 is 1.38. The van der Waals surface area contributed by atoms with Crippen molar-refractivity contribution in [3.8, 4) is 22.1 Å². The van der Waals surface area contributed by atoms with Crippen LogP contribution in [0.4, 0.5) is 5.82 Å². The average Bonchev–Trinajstić information content (AvgIpc) is 3.69. The van der Waals surface area contributed by atoms with Crippen LogP contribution in [0.1, 0.15) is 34.5 Å². The topological polar surface area (TPSA) is 110 Å². The average molecular weight is 535 g/mol. The Kier molecular flexibility index (Phi) is 7.73. The van der Waals surface area contributed by atoms with E-state index in [1.165, 1.54) is 11.3 Å². The molecule has 1 saturated heterocycles. The molecule has 1 aliphatic heterocycles. The smallest absolute Gasteiger partial charge is 0.261 e. The zero-order chi connectivity index (χ0) is 26.5. The molecule has 10 nitrogen and oxygen atoms in total. The van der Waals surface area contributed by atoms with Gasteiger partial charge >= 0.3 is 0 Å². The van der Waals surface area contributed by atoms with E-state index in [-0.39, 0.29) is 11.8 Å². The summed E-state index contributed by atoms with van der Waals surface area (Å²) < 4.78 is 12.4. The van der Waals surface area contributed by atoms with Crippen LogP contribution in [0.2, 0.25) is 0 Å². The van der Waals surface area contributed by atoms with E-state index in [0.29, 0.717) is 35.9 Å². The lowest BCUT2D eigenvalue weighted by Gasteiger charge is -2.15. The quantitative estimate of drug-likeness (QED) is 0.282. The summed E-state index contributed by atoms with van der Waals surface area (Å²) in [7, 11) is 3.19. The first-order chi connectivity index (χ1) is 18.6. The molecule has 0 aliphatic carbocycles. The normalized spacial score (nSPS) is 13.2. The van der Waals surface area contributed by atoms with Crippen LogP contribution in [-0.4, -0.2) is 65.2 Å².